The maximum absolute atomic E-state index is 11.5. The number of nitrogens with one attached hydrogen (secondary N) is 1. The van der Waals surface area contributed by atoms with Gasteiger partial charge >= 0.3 is 0 Å². The lowest BCUT2D eigenvalue weighted by atomic mass is 9.89. The van der Waals surface area contributed by atoms with Gasteiger partial charge in [-0.15, -0.1) is 0 Å². The Kier molecular flexibility index (Phi) is 11.8. The summed E-state index contributed by atoms with van der Waals surface area (Å²) in [5.41, 5.74) is 10.2. The van der Waals surface area contributed by atoms with Crippen LogP contribution in [0.1, 0.15) is 122 Å². The van der Waals surface area contributed by atoms with Gasteiger partial charge in [-0.3, -0.25) is 9.59 Å². The minimum atomic E-state index is -0.312. The monoisotopic (exact) mass is 606 g/mol. The van der Waals surface area contributed by atoms with E-state index >= 15 is 0 Å². The lowest BCUT2D eigenvalue weighted by Crippen LogP contribution is -2.35. The maximum atomic E-state index is 11.5. The van der Waals surface area contributed by atoms with Gasteiger partial charge in [0.15, 0.2) is 0 Å². The van der Waals surface area contributed by atoms with E-state index < -0.39 is 0 Å². The van der Waals surface area contributed by atoms with Crippen molar-refractivity contribution in [3.63, 3.8) is 0 Å². The van der Waals surface area contributed by atoms with Crippen molar-refractivity contribution in [1.82, 2.24) is 5.32 Å². The Bertz CT molecular complexity index is 1220. The maximum Gasteiger partial charge on any atom is 0.221 e. The second-order valence-corrected chi connectivity index (χ2v) is 14.9. The number of amides is 1. The normalized spacial score (nSPS) is 21.6. The third-order valence-electron chi connectivity index (χ3n) is 9.59. The highest BCUT2D eigenvalue weighted by molar-refractivity contribution is 7.82. The fraction of sp³-hybridized carbons (Fsp3) is 0.622. The number of Topliss-reactive ketones (excluding diaryl/α,β-unsaturated/α-hetero) is 1. The summed E-state index contributed by atoms with van der Waals surface area (Å²) in [6.45, 7) is 9.47. The zero-order valence-corrected chi connectivity index (χ0v) is 27.8. The first-order valence-electron chi connectivity index (χ1n) is 16.7. The molecule has 0 aromatic heterocycles. The molecule has 3 saturated carbocycles. The fourth-order valence-electron chi connectivity index (χ4n) is 6.72. The third-order valence-corrected chi connectivity index (χ3v) is 10.0. The van der Waals surface area contributed by atoms with E-state index in [2.05, 4.69) is 69.0 Å². The van der Waals surface area contributed by atoms with Crippen LogP contribution in [0.2, 0.25) is 0 Å². The van der Waals surface area contributed by atoms with Gasteiger partial charge < -0.3 is 15.8 Å². The molecule has 1 saturated heterocycles. The zero-order valence-electron chi connectivity index (χ0n) is 26.9. The molecule has 1 heterocycles. The van der Waals surface area contributed by atoms with E-state index in [0.29, 0.717) is 40.4 Å². The average molecular weight is 607 g/mol. The number of hydrogen-bond acceptors (Lipinski definition) is 5. The van der Waals surface area contributed by atoms with Crippen LogP contribution in [0.25, 0.3) is 11.1 Å². The van der Waals surface area contributed by atoms with Gasteiger partial charge in [-0.1, -0.05) is 70.9 Å². The SMILES string of the molecule is CC(C)c1ccccc1-c1cc(CC(N)=O)ccc1OC1CCCC1.CC1(S)CC1.CCC(=O)C1CNC2(CCCC2)C1. The molecule has 6 heteroatoms. The van der Waals surface area contributed by atoms with E-state index in [1.165, 1.54) is 62.5 Å². The van der Waals surface area contributed by atoms with Crippen LogP contribution in [0.5, 0.6) is 5.75 Å². The predicted octanol–water partition coefficient (Wildman–Crippen LogP) is 8.18. The topological polar surface area (TPSA) is 81.4 Å². The summed E-state index contributed by atoms with van der Waals surface area (Å²) in [5, 5.41) is 3.58. The van der Waals surface area contributed by atoms with Gasteiger partial charge in [-0.2, -0.15) is 12.6 Å². The summed E-state index contributed by atoms with van der Waals surface area (Å²) < 4.78 is 6.78. The van der Waals surface area contributed by atoms with Crippen molar-refractivity contribution in [2.24, 2.45) is 11.7 Å². The molecule has 1 amide bonds. The molecule has 2 aromatic rings. The standard InChI is InChI=1S/C22H27NO2.C11H19NO.C4H8S/c1-15(2)18-9-5-6-10-19(18)20-13-16(14-22(23)24)11-12-21(20)25-17-7-3-4-8-17;1-2-10(13)9-7-11(12-8-9)5-3-4-6-11;1-4(5)2-3-4/h5-6,9-13,15,17H,3-4,7-8,14H2,1-2H3,(H2,23,24);9,12H,2-8H2,1H3;5H,2-3H2,1H3. The van der Waals surface area contributed by atoms with Gasteiger partial charge in [0.05, 0.1) is 12.5 Å². The molecule has 5 nitrogen and oxygen atoms in total. The minimum Gasteiger partial charge on any atom is -0.490 e. The minimum absolute atomic E-state index is 0.251. The highest BCUT2D eigenvalue weighted by atomic mass is 32.1. The molecule has 0 bridgehead atoms. The van der Waals surface area contributed by atoms with Crippen LogP contribution >= 0.6 is 12.6 Å². The first kappa shape index (κ1) is 33.6. The van der Waals surface area contributed by atoms with Crippen LogP contribution in [-0.2, 0) is 16.0 Å². The Morgan fingerprint density at radius 3 is 2.23 bits per heavy atom. The molecule has 4 fully saturated rings. The Morgan fingerprint density at radius 2 is 1.65 bits per heavy atom. The molecule has 1 aliphatic heterocycles. The summed E-state index contributed by atoms with van der Waals surface area (Å²) in [7, 11) is 0. The van der Waals surface area contributed by atoms with Gasteiger partial charge in [0.1, 0.15) is 11.5 Å². The number of ether oxygens (including phenoxy) is 1. The van der Waals surface area contributed by atoms with E-state index in [4.69, 9.17) is 10.5 Å². The van der Waals surface area contributed by atoms with Gasteiger partial charge in [0.25, 0.3) is 0 Å². The number of benzene rings is 2. The Balaban J connectivity index is 0.000000193. The first-order valence-corrected chi connectivity index (χ1v) is 17.1. The number of rotatable bonds is 8. The number of primary amides is 1. The number of ketones is 1. The van der Waals surface area contributed by atoms with Gasteiger partial charge in [0, 0.05) is 34.7 Å². The summed E-state index contributed by atoms with van der Waals surface area (Å²) in [5.74, 6) is 1.79. The van der Waals surface area contributed by atoms with Crippen molar-refractivity contribution in [2.45, 2.75) is 133 Å². The van der Waals surface area contributed by atoms with Crippen molar-refractivity contribution < 1.29 is 14.3 Å². The average Bonchev–Trinajstić information content (AvgIpc) is 3.45. The Morgan fingerprint density at radius 1 is 1.00 bits per heavy atom. The van der Waals surface area contributed by atoms with Crippen LogP contribution < -0.4 is 15.8 Å². The van der Waals surface area contributed by atoms with Crippen LogP contribution in [0.15, 0.2) is 42.5 Å². The van der Waals surface area contributed by atoms with Crippen molar-refractivity contribution in [3.8, 4) is 16.9 Å². The molecule has 6 rings (SSSR count). The molecule has 43 heavy (non-hydrogen) atoms. The van der Waals surface area contributed by atoms with Crippen molar-refractivity contribution in [3.05, 3.63) is 53.6 Å². The molecule has 1 spiro atoms. The van der Waals surface area contributed by atoms with Crippen LogP contribution in [-0.4, -0.2) is 34.6 Å². The Labute approximate surface area is 265 Å². The molecule has 236 valence electrons. The molecule has 1 atom stereocenters. The number of hydrogen-bond donors (Lipinski definition) is 3. The summed E-state index contributed by atoms with van der Waals surface area (Å²) in [4.78, 5) is 22.9. The molecule has 0 radical (unpaired) electrons. The zero-order chi connectivity index (χ0) is 31.0. The molecule has 2 aromatic carbocycles. The first-order chi connectivity index (χ1) is 20.5. The third kappa shape index (κ3) is 9.84. The fourth-order valence-corrected chi connectivity index (χ4v) is 6.83. The second-order valence-electron chi connectivity index (χ2n) is 13.8. The van der Waals surface area contributed by atoms with E-state index in [1.807, 2.05) is 19.1 Å². The van der Waals surface area contributed by atoms with E-state index in [0.717, 1.165) is 42.7 Å². The number of carbonyl (C=O) groups excluding carboxylic acids is 2. The van der Waals surface area contributed by atoms with Crippen LogP contribution in [0, 0.1) is 5.92 Å². The van der Waals surface area contributed by atoms with Crippen LogP contribution in [0.4, 0.5) is 0 Å². The summed E-state index contributed by atoms with van der Waals surface area (Å²) in [6.07, 6.45) is 15.0. The highest BCUT2D eigenvalue weighted by Crippen LogP contribution is 2.41. The molecule has 4 aliphatic rings. The number of carbonyl (C=O) groups is 2. The molecule has 3 aliphatic carbocycles. The largest absolute Gasteiger partial charge is 0.490 e. The lowest BCUT2D eigenvalue weighted by molar-refractivity contribution is -0.122. The summed E-state index contributed by atoms with van der Waals surface area (Å²) in [6, 6.07) is 14.5. The smallest absolute Gasteiger partial charge is 0.221 e. The van der Waals surface area contributed by atoms with E-state index in [-0.39, 0.29) is 12.3 Å². The van der Waals surface area contributed by atoms with Crippen molar-refractivity contribution in [2.75, 3.05) is 6.54 Å². The summed E-state index contributed by atoms with van der Waals surface area (Å²) >= 11 is 4.23. The number of nitrogens with two attached hydrogens (primary N) is 1. The van der Waals surface area contributed by atoms with Crippen molar-refractivity contribution in [1.29, 1.82) is 0 Å². The molecule has 3 N–H and O–H groups in total. The number of thiol groups is 1. The second kappa shape index (κ2) is 15.1. The van der Waals surface area contributed by atoms with Crippen LogP contribution in [0.3, 0.4) is 0 Å². The van der Waals surface area contributed by atoms with E-state index in [9.17, 15) is 9.59 Å². The molecular weight excluding hydrogens is 552 g/mol. The lowest BCUT2D eigenvalue weighted by Gasteiger charge is -2.22. The van der Waals surface area contributed by atoms with Gasteiger partial charge in [-0.05, 0) is 92.5 Å². The predicted molar refractivity (Wildman–Crippen MR) is 181 cm³/mol. The van der Waals surface area contributed by atoms with Crippen molar-refractivity contribution >= 4 is 24.3 Å². The van der Waals surface area contributed by atoms with Gasteiger partial charge in [0.2, 0.25) is 5.91 Å². The molecular formula is C37H54N2O3S. The van der Waals surface area contributed by atoms with Gasteiger partial charge in [-0.25, -0.2) is 0 Å². The quantitative estimate of drug-likeness (QED) is 0.265. The highest BCUT2D eigenvalue weighted by Gasteiger charge is 2.42. The Hall–Kier alpha value is -2.31. The molecule has 1 unspecified atom stereocenters. The van der Waals surface area contributed by atoms with E-state index in [1.54, 1.807) is 0 Å².